The highest BCUT2D eigenvalue weighted by Gasteiger charge is 2.39. The van der Waals surface area contributed by atoms with Crippen molar-refractivity contribution < 1.29 is 14.6 Å². The highest BCUT2D eigenvalue weighted by Crippen LogP contribution is 2.39. The minimum absolute atomic E-state index is 0.181. The fraction of sp³-hybridized carbons (Fsp3) is 0.611. The molecular formula is C18H24BrNO3. The molecule has 2 fully saturated rings. The molecule has 0 aromatic heterocycles. The number of hydrogen-bond donors (Lipinski definition) is 1. The van der Waals surface area contributed by atoms with Crippen LogP contribution in [0.15, 0.2) is 28.7 Å². The van der Waals surface area contributed by atoms with Crippen molar-refractivity contribution in [1.29, 1.82) is 0 Å². The molecule has 1 N–H and O–H groups in total. The van der Waals surface area contributed by atoms with Crippen molar-refractivity contribution >= 4 is 21.9 Å². The Bertz CT molecular complexity index is 528. The van der Waals surface area contributed by atoms with E-state index in [4.69, 9.17) is 4.74 Å². The normalized spacial score (nSPS) is 27.5. The lowest BCUT2D eigenvalue weighted by Gasteiger charge is -2.43. The predicted molar refractivity (Wildman–Crippen MR) is 92.7 cm³/mol. The van der Waals surface area contributed by atoms with Gasteiger partial charge in [-0.2, -0.15) is 0 Å². The molecule has 0 amide bonds. The maximum absolute atomic E-state index is 12.1. The third-order valence-electron chi connectivity index (χ3n) is 5.22. The van der Waals surface area contributed by atoms with E-state index in [1.807, 2.05) is 24.3 Å². The predicted octanol–water partition coefficient (Wildman–Crippen LogP) is 3.51. The summed E-state index contributed by atoms with van der Waals surface area (Å²) >= 11 is 3.43. The number of aliphatic carboxylic acids is 1. The number of carboxylic acid groups (broad SMARTS) is 1. The Labute approximate surface area is 145 Å². The lowest BCUT2D eigenvalue weighted by Crippen LogP contribution is -2.50. The number of hydrogen-bond acceptors (Lipinski definition) is 3. The minimum atomic E-state index is -0.697. The molecule has 3 atom stereocenters. The number of rotatable bonds is 4. The summed E-state index contributed by atoms with van der Waals surface area (Å²) in [5.41, 5.74) is 0.922. The van der Waals surface area contributed by atoms with Gasteiger partial charge in [-0.1, -0.05) is 40.9 Å². The number of carboxylic acids is 1. The van der Waals surface area contributed by atoms with Gasteiger partial charge in [-0.15, -0.1) is 0 Å². The van der Waals surface area contributed by atoms with E-state index in [0.29, 0.717) is 6.04 Å². The summed E-state index contributed by atoms with van der Waals surface area (Å²) < 4.78 is 6.45. The van der Waals surface area contributed by atoms with E-state index >= 15 is 0 Å². The molecule has 1 aromatic carbocycles. The Morgan fingerprint density at radius 2 is 1.83 bits per heavy atom. The Kier molecular flexibility index (Phi) is 5.72. The van der Waals surface area contributed by atoms with Crippen LogP contribution >= 0.6 is 15.9 Å². The SMILES string of the molecule is O=C(O)[C@H](c1ccc(Br)cc1)C1CCCCC1N1CCOCC1. The van der Waals surface area contributed by atoms with Crippen LogP contribution in [-0.4, -0.2) is 48.3 Å². The molecule has 1 aromatic rings. The summed E-state index contributed by atoms with van der Waals surface area (Å²) in [7, 11) is 0. The maximum Gasteiger partial charge on any atom is 0.311 e. The second-order valence-corrected chi connectivity index (χ2v) is 7.45. The molecule has 0 radical (unpaired) electrons. The van der Waals surface area contributed by atoms with E-state index in [0.717, 1.165) is 55.6 Å². The van der Waals surface area contributed by atoms with Crippen molar-refractivity contribution in [2.75, 3.05) is 26.3 Å². The van der Waals surface area contributed by atoms with Gasteiger partial charge in [-0.05, 0) is 36.5 Å². The fourth-order valence-corrected chi connectivity index (χ4v) is 4.40. The number of halogens is 1. The summed E-state index contributed by atoms with van der Waals surface area (Å²) in [6, 6.07) is 8.15. The number of morpholine rings is 1. The average Bonchev–Trinajstić information content (AvgIpc) is 2.58. The van der Waals surface area contributed by atoms with Gasteiger partial charge < -0.3 is 9.84 Å². The molecule has 2 unspecified atom stereocenters. The quantitative estimate of drug-likeness (QED) is 0.866. The smallest absolute Gasteiger partial charge is 0.311 e. The van der Waals surface area contributed by atoms with Crippen LogP contribution < -0.4 is 0 Å². The first-order chi connectivity index (χ1) is 11.2. The number of nitrogens with zero attached hydrogens (tertiary/aromatic N) is 1. The van der Waals surface area contributed by atoms with E-state index in [1.54, 1.807) is 0 Å². The van der Waals surface area contributed by atoms with Gasteiger partial charge in [0.05, 0.1) is 19.1 Å². The minimum Gasteiger partial charge on any atom is -0.481 e. The topological polar surface area (TPSA) is 49.8 Å². The van der Waals surface area contributed by atoms with Gasteiger partial charge in [-0.25, -0.2) is 0 Å². The summed E-state index contributed by atoms with van der Waals surface area (Å²) in [5.74, 6) is -0.936. The molecule has 126 valence electrons. The number of benzene rings is 1. The van der Waals surface area contributed by atoms with Crippen molar-refractivity contribution in [2.45, 2.75) is 37.6 Å². The highest BCUT2D eigenvalue weighted by molar-refractivity contribution is 9.10. The molecule has 1 saturated carbocycles. The largest absolute Gasteiger partial charge is 0.481 e. The van der Waals surface area contributed by atoms with Crippen molar-refractivity contribution in [3.63, 3.8) is 0 Å². The fourth-order valence-electron chi connectivity index (χ4n) is 4.13. The van der Waals surface area contributed by atoms with Gasteiger partial charge in [0.2, 0.25) is 0 Å². The van der Waals surface area contributed by atoms with Crippen molar-refractivity contribution in [3.8, 4) is 0 Å². The average molecular weight is 382 g/mol. The molecule has 1 heterocycles. The van der Waals surface area contributed by atoms with Crippen LogP contribution in [0.25, 0.3) is 0 Å². The Hall–Kier alpha value is -0.910. The molecule has 5 heteroatoms. The van der Waals surface area contributed by atoms with Crippen molar-refractivity contribution in [3.05, 3.63) is 34.3 Å². The van der Waals surface area contributed by atoms with Gasteiger partial charge in [0.25, 0.3) is 0 Å². The number of carbonyl (C=O) groups is 1. The first kappa shape index (κ1) is 16.9. The van der Waals surface area contributed by atoms with Crippen LogP contribution in [0.1, 0.15) is 37.2 Å². The first-order valence-corrected chi connectivity index (χ1v) is 9.26. The molecule has 4 nitrogen and oxygen atoms in total. The third kappa shape index (κ3) is 3.95. The molecule has 3 rings (SSSR count). The third-order valence-corrected chi connectivity index (χ3v) is 5.75. The van der Waals surface area contributed by atoms with E-state index in [9.17, 15) is 9.90 Å². The maximum atomic E-state index is 12.1. The number of ether oxygens (including phenoxy) is 1. The molecule has 1 aliphatic carbocycles. The molecule has 0 spiro atoms. The van der Waals surface area contributed by atoms with Crippen molar-refractivity contribution in [2.24, 2.45) is 5.92 Å². The Morgan fingerprint density at radius 3 is 2.48 bits per heavy atom. The van der Waals surface area contributed by atoms with Gasteiger partial charge in [-0.3, -0.25) is 9.69 Å². The highest BCUT2D eigenvalue weighted by atomic mass is 79.9. The van der Waals surface area contributed by atoms with Crippen LogP contribution in [0.5, 0.6) is 0 Å². The Morgan fingerprint density at radius 1 is 1.17 bits per heavy atom. The van der Waals surface area contributed by atoms with E-state index in [-0.39, 0.29) is 5.92 Å². The van der Waals surface area contributed by atoms with Crippen LogP contribution in [0.4, 0.5) is 0 Å². The van der Waals surface area contributed by atoms with Crippen LogP contribution in [0.2, 0.25) is 0 Å². The molecule has 0 bridgehead atoms. The lowest BCUT2D eigenvalue weighted by molar-refractivity contribution is -0.141. The monoisotopic (exact) mass is 381 g/mol. The summed E-state index contributed by atoms with van der Waals surface area (Å²) in [6.07, 6.45) is 4.43. The lowest BCUT2D eigenvalue weighted by atomic mass is 9.73. The first-order valence-electron chi connectivity index (χ1n) is 8.47. The zero-order valence-electron chi connectivity index (χ0n) is 13.3. The standard InChI is InChI=1S/C18H24BrNO3/c19-14-7-5-13(6-8-14)17(18(21)22)15-3-1-2-4-16(15)20-9-11-23-12-10-20/h5-8,15-17H,1-4,9-12H2,(H,21,22)/t15?,16?,17-/m1/s1. The summed E-state index contributed by atoms with van der Waals surface area (Å²) in [6.45, 7) is 3.38. The molecule has 1 saturated heterocycles. The second-order valence-electron chi connectivity index (χ2n) is 6.53. The molecule has 1 aliphatic heterocycles. The zero-order chi connectivity index (χ0) is 16.2. The Balaban J connectivity index is 1.86. The summed E-state index contributed by atoms with van der Waals surface area (Å²) in [4.78, 5) is 14.5. The van der Waals surface area contributed by atoms with Gasteiger partial charge in [0, 0.05) is 23.6 Å². The molecule has 2 aliphatic rings. The zero-order valence-corrected chi connectivity index (χ0v) is 14.9. The van der Waals surface area contributed by atoms with Gasteiger partial charge in [0.15, 0.2) is 0 Å². The van der Waals surface area contributed by atoms with Crippen LogP contribution in [-0.2, 0) is 9.53 Å². The van der Waals surface area contributed by atoms with Gasteiger partial charge in [0.1, 0.15) is 0 Å². The van der Waals surface area contributed by atoms with Crippen LogP contribution in [0.3, 0.4) is 0 Å². The van der Waals surface area contributed by atoms with Crippen LogP contribution in [0, 0.1) is 5.92 Å². The van der Waals surface area contributed by atoms with E-state index < -0.39 is 11.9 Å². The molecule has 23 heavy (non-hydrogen) atoms. The van der Waals surface area contributed by atoms with E-state index in [2.05, 4.69) is 20.8 Å². The second kappa shape index (κ2) is 7.77. The molecular weight excluding hydrogens is 358 g/mol. The van der Waals surface area contributed by atoms with E-state index in [1.165, 1.54) is 6.42 Å². The van der Waals surface area contributed by atoms with Gasteiger partial charge >= 0.3 is 5.97 Å². The summed E-state index contributed by atoms with van der Waals surface area (Å²) in [5, 5.41) is 9.91. The van der Waals surface area contributed by atoms with Crippen molar-refractivity contribution in [1.82, 2.24) is 4.90 Å².